The van der Waals surface area contributed by atoms with Gasteiger partial charge in [-0.15, -0.1) is 16.4 Å². The molecule has 0 saturated carbocycles. The number of halogens is 1. The van der Waals surface area contributed by atoms with Crippen molar-refractivity contribution >= 4 is 34.6 Å². The molecule has 30 heavy (non-hydrogen) atoms. The summed E-state index contributed by atoms with van der Waals surface area (Å²) in [7, 11) is 0. The minimum atomic E-state index is -0.713. The van der Waals surface area contributed by atoms with Gasteiger partial charge in [-0.2, -0.15) is 0 Å². The average Bonchev–Trinajstić information content (AvgIpc) is 3.37. The number of nitrogens with two attached hydrogens (primary N) is 1. The minimum Gasteiger partial charge on any atom is -0.351 e. The van der Waals surface area contributed by atoms with E-state index in [1.165, 1.54) is 28.2 Å². The first-order valence-corrected chi connectivity index (χ1v) is 9.62. The van der Waals surface area contributed by atoms with Crippen molar-refractivity contribution in [3.05, 3.63) is 77.7 Å². The summed E-state index contributed by atoms with van der Waals surface area (Å²) in [5.74, 6) is -0.648. The summed E-state index contributed by atoms with van der Waals surface area (Å²) in [6.45, 7) is 0. The molecular formula is C20H15FN6O2S. The standard InChI is InChI=1S/C20H15FN6O2S/c21-12-4-1-7-15(10-12)27-18(16-8-3-9-30-16)25-17(26-27)19(28)23-13-5-2-6-14(11-13)24-20(22)29/h1-11H,(H,23,28)(H3,22,24,29). The van der Waals surface area contributed by atoms with Crippen LogP contribution in [0, 0.1) is 5.82 Å². The first kappa shape index (κ1) is 19.3. The quantitative estimate of drug-likeness (QED) is 0.453. The van der Waals surface area contributed by atoms with Gasteiger partial charge in [-0.25, -0.2) is 18.9 Å². The molecule has 10 heteroatoms. The molecule has 8 nitrogen and oxygen atoms in total. The highest BCUT2D eigenvalue weighted by molar-refractivity contribution is 7.13. The van der Waals surface area contributed by atoms with E-state index >= 15 is 0 Å². The summed E-state index contributed by atoms with van der Waals surface area (Å²) < 4.78 is 15.2. The Bertz CT molecular complexity index is 1220. The van der Waals surface area contributed by atoms with Crippen LogP contribution in [0.15, 0.2) is 66.0 Å². The number of hydrogen-bond acceptors (Lipinski definition) is 5. The molecule has 4 aromatic rings. The fourth-order valence-electron chi connectivity index (χ4n) is 2.77. The Morgan fingerprint density at radius 3 is 2.47 bits per heavy atom. The van der Waals surface area contributed by atoms with E-state index in [0.29, 0.717) is 22.9 Å². The zero-order chi connectivity index (χ0) is 21.1. The van der Waals surface area contributed by atoms with Crippen molar-refractivity contribution < 1.29 is 14.0 Å². The second kappa shape index (κ2) is 8.13. The predicted molar refractivity (Wildman–Crippen MR) is 112 cm³/mol. The molecule has 150 valence electrons. The van der Waals surface area contributed by atoms with Crippen LogP contribution in [0.5, 0.6) is 0 Å². The van der Waals surface area contributed by atoms with Gasteiger partial charge in [-0.05, 0) is 47.8 Å². The summed E-state index contributed by atoms with van der Waals surface area (Å²) in [5.41, 5.74) is 6.41. The summed E-state index contributed by atoms with van der Waals surface area (Å²) in [4.78, 5) is 28.9. The van der Waals surface area contributed by atoms with Crippen molar-refractivity contribution in [2.45, 2.75) is 0 Å². The van der Waals surface area contributed by atoms with Crippen LogP contribution >= 0.6 is 11.3 Å². The SMILES string of the molecule is NC(=O)Nc1cccc(NC(=O)c2nc(-c3cccs3)n(-c3cccc(F)c3)n2)c1. The van der Waals surface area contributed by atoms with Gasteiger partial charge in [0.05, 0.1) is 10.6 Å². The lowest BCUT2D eigenvalue weighted by Gasteiger charge is -2.06. The van der Waals surface area contributed by atoms with Crippen LogP contribution < -0.4 is 16.4 Å². The number of thiophene rings is 1. The van der Waals surface area contributed by atoms with Crippen molar-refractivity contribution in [1.29, 1.82) is 0 Å². The number of carbonyl (C=O) groups excluding carboxylic acids is 2. The van der Waals surface area contributed by atoms with E-state index in [-0.39, 0.29) is 5.82 Å². The maximum Gasteiger partial charge on any atom is 0.316 e. The van der Waals surface area contributed by atoms with Gasteiger partial charge in [0.15, 0.2) is 5.82 Å². The summed E-state index contributed by atoms with van der Waals surface area (Å²) in [6, 6.07) is 15.3. The van der Waals surface area contributed by atoms with Gasteiger partial charge in [0.2, 0.25) is 5.82 Å². The molecule has 0 fully saturated rings. The number of rotatable bonds is 5. The van der Waals surface area contributed by atoms with E-state index in [1.54, 1.807) is 36.4 Å². The maximum absolute atomic E-state index is 13.7. The van der Waals surface area contributed by atoms with Gasteiger partial charge in [-0.1, -0.05) is 18.2 Å². The Hall–Kier alpha value is -4.05. The van der Waals surface area contributed by atoms with Crippen molar-refractivity contribution in [2.75, 3.05) is 10.6 Å². The highest BCUT2D eigenvalue weighted by atomic mass is 32.1. The number of anilines is 2. The molecule has 0 radical (unpaired) electrons. The van der Waals surface area contributed by atoms with Crippen molar-refractivity contribution in [3.8, 4) is 16.4 Å². The van der Waals surface area contributed by atoms with Crippen LogP contribution in [-0.4, -0.2) is 26.7 Å². The molecule has 2 aromatic heterocycles. The molecule has 3 amide bonds. The third-order valence-electron chi connectivity index (χ3n) is 3.99. The van der Waals surface area contributed by atoms with E-state index in [9.17, 15) is 14.0 Å². The summed E-state index contributed by atoms with van der Waals surface area (Å²) in [5, 5.41) is 11.3. The van der Waals surface area contributed by atoms with Gasteiger partial charge in [0.1, 0.15) is 5.82 Å². The number of nitrogens with zero attached hydrogens (tertiary/aromatic N) is 3. The molecule has 0 unspecified atom stereocenters. The molecule has 0 aliphatic heterocycles. The number of carbonyl (C=O) groups is 2. The second-order valence-corrected chi connectivity index (χ2v) is 7.10. The largest absolute Gasteiger partial charge is 0.351 e. The molecule has 0 spiro atoms. The zero-order valence-electron chi connectivity index (χ0n) is 15.4. The molecule has 0 atom stereocenters. The Labute approximate surface area is 174 Å². The van der Waals surface area contributed by atoms with Gasteiger partial charge in [0, 0.05) is 11.4 Å². The normalized spacial score (nSPS) is 10.6. The van der Waals surface area contributed by atoms with Gasteiger partial charge >= 0.3 is 6.03 Å². The van der Waals surface area contributed by atoms with Gasteiger partial charge < -0.3 is 16.4 Å². The molecule has 2 aromatic carbocycles. The molecule has 4 N–H and O–H groups in total. The zero-order valence-corrected chi connectivity index (χ0v) is 16.2. The molecule has 0 aliphatic rings. The van der Waals surface area contributed by atoms with E-state index in [2.05, 4.69) is 20.7 Å². The van der Waals surface area contributed by atoms with E-state index in [0.717, 1.165) is 4.88 Å². The second-order valence-electron chi connectivity index (χ2n) is 6.15. The maximum atomic E-state index is 13.7. The monoisotopic (exact) mass is 422 g/mol. The molecule has 4 rings (SSSR count). The number of nitrogens with one attached hydrogen (secondary N) is 2. The Kier molecular flexibility index (Phi) is 5.22. The van der Waals surface area contributed by atoms with Crippen LogP contribution in [0.3, 0.4) is 0 Å². The van der Waals surface area contributed by atoms with Crippen LogP contribution in [-0.2, 0) is 0 Å². The molecule has 2 heterocycles. The van der Waals surface area contributed by atoms with Crippen LogP contribution in [0.1, 0.15) is 10.6 Å². The fraction of sp³-hybridized carbons (Fsp3) is 0. The third-order valence-corrected chi connectivity index (χ3v) is 4.86. The van der Waals surface area contributed by atoms with Crippen LogP contribution in [0.4, 0.5) is 20.6 Å². The number of benzene rings is 2. The van der Waals surface area contributed by atoms with Crippen LogP contribution in [0.2, 0.25) is 0 Å². The summed E-state index contributed by atoms with van der Waals surface area (Å²) in [6.07, 6.45) is 0. The molecule has 0 bridgehead atoms. The predicted octanol–water partition coefficient (Wildman–Crippen LogP) is 3.88. The number of amides is 3. The van der Waals surface area contributed by atoms with Crippen LogP contribution in [0.25, 0.3) is 16.4 Å². The Morgan fingerprint density at radius 1 is 1.00 bits per heavy atom. The lowest BCUT2D eigenvalue weighted by Crippen LogP contribution is -2.19. The Morgan fingerprint density at radius 2 is 1.77 bits per heavy atom. The lowest BCUT2D eigenvalue weighted by molar-refractivity contribution is 0.101. The van der Waals surface area contributed by atoms with E-state index < -0.39 is 17.8 Å². The van der Waals surface area contributed by atoms with Gasteiger partial charge in [0.25, 0.3) is 5.91 Å². The Balaban J connectivity index is 1.67. The van der Waals surface area contributed by atoms with Gasteiger partial charge in [-0.3, -0.25) is 4.79 Å². The topological polar surface area (TPSA) is 115 Å². The van der Waals surface area contributed by atoms with E-state index in [1.807, 2.05) is 17.5 Å². The number of aromatic nitrogens is 3. The third kappa shape index (κ3) is 4.18. The minimum absolute atomic E-state index is 0.0871. The molecule has 0 aliphatic carbocycles. The number of urea groups is 1. The fourth-order valence-corrected chi connectivity index (χ4v) is 3.46. The molecule has 0 saturated heterocycles. The number of primary amides is 1. The van der Waals surface area contributed by atoms with Crippen molar-refractivity contribution in [2.24, 2.45) is 5.73 Å². The highest BCUT2D eigenvalue weighted by Gasteiger charge is 2.20. The number of hydrogen-bond donors (Lipinski definition) is 3. The summed E-state index contributed by atoms with van der Waals surface area (Å²) >= 11 is 1.42. The van der Waals surface area contributed by atoms with Crippen molar-refractivity contribution in [1.82, 2.24) is 14.8 Å². The first-order chi connectivity index (χ1) is 14.5. The average molecular weight is 422 g/mol. The first-order valence-electron chi connectivity index (χ1n) is 8.74. The smallest absolute Gasteiger partial charge is 0.316 e. The van der Waals surface area contributed by atoms with E-state index in [4.69, 9.17) is 5.73 Å². The lowest BCUT2D eigenvalue weighted by atomic mass is 10.2. The van der Waals surface area contributed by atoms with Crippen molar-refractivity contribution in [3.63, 3.8) is 0 Å². The highest BCUT2D eigenvalue weighted by Crippen LogP contribution is 2.26. The molecular weight excluding hydrogens is 407 g/mol.